The zero-order chi connectivity index (χ0) is 18.9. The number of fused-ring (bicyclic) bond motifs is 2. The molecular formula is C19H29N3O3S. The van der Waals surface area contributed by atoms with Crippen LogP contribution in [0, 0.1) is 0 Å². The molecule has 144 valence electrons. The van der Waals surface area contributed by atoms with Crippen molar-refractivity contribution in [1.82, 2.24) is 0 Å². The smallest absolute Gasteiger partial charge is 0.254 e. The Kier molecular flexibility index (Phi) is 5.30. The van der Waals surface area contributed by atoms with Crippen molar-refractivity contribution in [3.8, 4) is 0 Å². The SMILES string of the molecule is C[N+](C)(C)CCCS(=O)(=O)/N=C(\[O-])Nc1c2c(cc3c1CCC3)CCC2. The van der Waals surface area contributed by atoms with E-state index in [1.165, 1.54) is 22.3 Å². The highest BCUT2D eigenvalue weighted by Gasteiger charge is 2.24. The number of aryl methyl sites for hydroxylation is 2. The molecule has 0 saturated heterocycles. The van der Waals surface area contributed by atoms with E-state index in [1.807, 2.05) is 21.1 Å². The average Bonchev–Trinajstić information content (AvgIpc) is 3.12. The summed E-state index contributed by atoms with van der Waals surface area (Å²) in [6, 6.07) is 1.52. The van der Waals surface area contributed by atoms with Gasteiger partial charge in [-0.15, -0.1) is 0 Å². The van der Waals surface area contributed by atoms with E-state index in [-0.39, 0.29) is 5.75 Å². The molecule has 1 N–H and O–H groups in total. The van der Waals surface area contributed by atoms with Crippen LogP contribution in [0.3, 0.4) is 0 Å². The second kappa shape index (κ2) is 7.19. The maximum atomic E-state index is 12.3. The Morgan fingerprint density at radius 1 is 1.12 bits per heavy atom. The molecule has 0 unspecified atom stereocenters. The van der Waals surface area contributed by atoms with Gasteiger partial charge in [0.05, 0.1) is 39.5 Å². The van der Waals surface area contributed by atoms with Crippen molar-refractivity contribution >= 4 is 21.7 Å². The molecule has 0 radical (unpaired) electrons. The number of benzene rings is 1. The molecule has 1 aromatic rings. The van der Waals surface area contributed by atoms with Gasteiger partial charge in [0.1, 0.15) is 0 Å². The number of sulfonamides is 1. The predicted octanol–water partition coefficient (Wildman–Crippen LogP) is 1.22. The molecule has 3 rings (SSSR count). The van der Waals surface area contributed by atoms with Crippen LogP contribution in [0.4, 0.5) is 5.69 Å². The molecule has 0 atom stereocenters. The van der Waals surface area contributed by atoms with Crippen molar-refractivity contribution in [3.63, 3.8) is 0 Å². The molecule has 0 spiro atoms. The number of anilines is 1. The number of rotatable bonds is 6. The van der Waals surface area contributed by atoms with Gasteiger partial charge in [-0.3, -0.25) is 0 Å². The Hall–Kier alpha value is -1.60. The fraction of sp³-hybridized carbons (Fsp3) is 0.632. The van der Waals surface area contributed by atoms with Gasteiger partial charge in [0.15, 0.2) is 0 Å². The minimum atomic E-state index is -3.75. The minimum absolute atomic E-state index is 0.0963. The van der Waals surface area contributed by atoms with Gasteiger partial charge in [0.25, 0.3) is 10.0 Å². The average molecular weight is 380 g/mol. The molecule has 0 amide bonds. The largest absolute Gasteiger partial charge is 0.845 e. The molecule has 6 nitrogen and oxygen atoms in total. The molecular weight excluding hydrogens is 350 g/mol. The van der Waals surface area contributed by atoms with E-state index >= 15 is 0 Å². The molecule has 1 aromatic carbocycles. The summed E-state index contributed by atoms with van der Waals surface area (Å²) < 4.78 is 28.5. The molecule has 0 bridgehead atoms. The molecule has 0 aromatic heterocycles. The van der Waals surface area contributed by atoms with Gasteiger partial charge in [-0.25, -0.2) is 8.42 Å². The van der Waals surface area contributed by atoms with Gasteiger partial charge in [-0.05, 0) is 60.8 Å². The monoisotopic (exact) mass is 379 g/mol. The van der Waals surface area contributed by atoms with E-state index in [0.29, 0.717) is 10.9 Å². The van der Waals surface area contributed by atoms with E-state index in [1.54, 1.807) is 0 Å². The summed E-state index contributed by atoms with van der Waals surface area (Å²) >= 11 is 0. The maximum Gasteiger partial charge on any atom is 0.254 e. The molecule has 2 aliphatic carbocycles. The summed E-state index contributed by atoms with van der Waals surface area (Å²) in [5.74, 6) is -0.0963. The normalized spacial score (nSPS) is 17.3. The number of nitrogens with zero attached hydrogens (tertiary/aromatic N) is 2. The van der Waals surface area contributed by atoms with Gasteiger partial charge in [0.2, 0.25) is 0 Å². The van der Waals surface area contributed by atoms with Crippen molar-refractivity contribution in [1.29, 1.82) is 0 Å². The molecule has 0 saturated carbocycles. The van der Waals surface area contributed by atoms with Crippen molar-refractivity contribution in [2.75, 3.05) is 38.8 Å². The van der Waals surface area contributed by atoms with Crippen LogP contribution in [0.25, 0.3) is 0 Å². The Bertz CT molecular complexity index is 791. The van der Waals surface area contributed by atoms with E-state index in [4.69, 9.17) is 0 Å². The van der Waals surface area contributed by atoms with Crippen LogP contribution in [-0.2, 0) is 35.7 Å². The Labute approximate surface area is 156 Å². The van der Waals surface area contributed by atoms with Crippen molar-refractivity contribution in [2.24, 2.45) is 4.40 Å². The first-order valence-electron chi connectivity index (χ1n) is 9.38. The molecule has 2 aliphatic rings. The summed E-state index contributed by atoms with van der Waals surface area (Å²) in [5.41, 5.74) is 5.79. The molecule has 26 heavy (non-hydrogen) atoms. The summed E-state index contributed by atoms with van der Waals surface area (Å²) in [5, 5.41) is 15.1. The van der Waals surface area contributed by atoms with E-state index < -0.39 is 16.0 Å². The van der Waals surface area contributed by atoms with Crippen molar-refractivity contribution < 1.29 is 18.0 Å². The zero-order valence-electron chi connectivity index (χ0n) is 16.0. The van der Waals surface area contributed by atoms with Gasteiger partial charge in [-0.1, -0.05) is 6.07 Å². The fourth-order valence-corrected chi connectivity index (χ4v) is 4.87. The highest BCUT2D eigenvalue weighted by molar-refractivity contribution is 7.90. The van der Waals surface area contributed by atoms with Crippen LogP contribution >= 0.6 is 0 Å². The van der Waals surface area contributed by atoms with Crippen LogP contribution in [-0.4, -0.2) is 52.4 Å². The lowest BCUT2D eigenvalue weighted by molar-refractivity contribution is -0.870. The highest BCUT2D eigenvalue weighted by atomic mass is 32.2. The Morgan fingerprint density at radius 2 is 1.69 bits per heavy atom. The third-order valence-electron chi connectivity index (χ3n) is 5.16. The minimum Gasteiger partial charge on any atom is -0.845 e. The lowest BCUT2D eigenvalue weighted by Gasteiger charge is -2.23. The number of amidine groups is 1. The fourth-order valence-electron chi connectivity index (χ4n) is 3.99. The van der Waals surface area contributed by atoms with Gasteiger partial charge >= 0.3 is 0 Å². The second-order valence-electron chi connectivity index (χ2n) is 8.41. The van der Waals surface area contributed by atoms with Crippen molar-refractivity contribution in [2.45, 2.75) is 44.9 Å². The number of quaternary nitrogens is 1. The van der Waals surface area contributed by atoms with Gasteiger partial charge in [-0.2, -0.15) is 4.40 Å². The first-order valence-corrected chi connectivity index (χ1v) is 11.0. The lowest BCUT2D eigenvalue weighted by atomic mass is 9.99. The van der Waals surface area contributed by atoms with E-state index in [2.05, 4.69) is 15.8 Å². The number of nitrogens with one attached hydrogen (secondary N) is 1. The molecule has 0 fully saturated rings. The Morgan fingerprint density at radius 3 is 2.23 bits per heavy atom. The van der Waals surface area contributed by atoms with E-state index in [0.717, 1.165) is 50.8 Å². The van der Waals surface area contributed by atoms with E-state index in [9.17, 15) is 13.5 Å². The third-order valence-corrected chi connectivity index (χ3v) is 6.41. The maximum absolute atomic E-state index is 12.3. The Balaban J connectivity index is 1.76. The molecule has 0 heterocycles. The van der Waals surface area contributed by atoms with Crippen molar-refractivity contribution in [3.05, 3.63) is 28.3 Å². The first-order chi connectivity index (χ1) is 12.1. The molecule has 0 aliphatic heterocycles. The van der Waals surface area contributed by atoms with Crippen LogP contribution in [0.15, 0.2) is 10.5 Å². The topological polar surface area (TPSA) is 81.6 Å². The second-order valence-corrected chi connectivity index (χ2v) is 10.2. The lowest BCUT2D eigenvalue weighted by Crippen LogP contribution is -2.36. The van der Waals surface area contributed by atoms with Crippen LogP contribution < -0.4 is 10.4 Å². The third kappa shape index (κ3) is 4.57. The number of hydrogen-bond donors (Lipinski definition) is 1. The van der Waals surface area contributed by atoms with Gasteiger partial charge < -0.3 is 14.9 Å². The summed E-state index contributed by atoms with van der Waals surface area (Å²) in [6.07, 6.45) is 6.60. The summed E-state index contributed by atoms with van der Waals surface area (Å²) in [4.78, 5) is 0. The zero-order valence-corrected chi connectivity index (χ0v) is 16.8. The highest BCUT2D eigenvalue weighted by Crippen LogP contribution is 2.38. The number of hydrogen-bond acceptors (Lipinski definition) is 3. The van der Waals surface area contributed by atoms with Crippen LogP contribution in [0.5, 0.6) is 0 Å². The van der Waals surface area contributed by atoms with Gasteiger partial charge in [0, 0.05) is 12.1 Å². The summed E-state index contributed by atoms with van der Waals surface area (Å²) in [7, 11) is 2.27. The standard InChI is InChI=1S/C19H29N3O3S/c1-22(2,3)11-6-12-26(24,25)21-19(23)20-18-16-9-4-7-14(16)13-15-8-5-10-17(15)18/h13H,4-12H2,1-3H3,(H-,20,21,23). The molecule has 7 heteroatoms. The predicted molar refractivity (Wildman–Crippen MR) is 103 cm³/mol. The quantitative estimate of drug-likeness (QED) is 0.458. The first kappa shape index (κ1) is 19.2. The van der Waals surface area contributed by atoms with Crippen LogP contribution in [0.2, 0.25) is 0 Å². The van der Waals surface area contributed by atoms with Crippen LogP contribution in [0.1, 0.15) is 41.5 Å². The summed E-state index contributed by atoms with van der Waals surface area (Å²) in [6.45, 7) is 0.718.